The van der Waals surface area contributed by atoms with Crippen LogP contribution in [0, 0.1) is 0 Å². The molecule has 128 valence electrons. The molecule has 6 heteroatoms. The molecule has 2 aromatic carbocycles. The van der Waals surface area contributed by atoms with E-state index in [9.17, 15) is 18.0 Å². The highest BCUT2D eigenvalue weighted by Crippen LogP contribution is 2.29. The van der Waals surface area contributed by atoms with Crippen LogP contribution in [0.15, 0.2) is 54.6 Å². The van der Waals surface area contributed by atoms with Crippen molar-refractivity contribution in [2.45, 2.75) is 25.1 Å². The van der Waals surface area contributed by atoms with Gasteiger partial charge in [-0.3, -0.25) is 4.79 Å². The summed E-state index contributed by atoms with van der Waals surface area (Å²) < 4.78 is 37.5. The van der Waals surface area contributed by atoms with Crippen LogP contribution in [0.4, 0.5) is 13.2 Å². The number of nitrogens with two attached hydrogens (primary N) is 1. The zero-order valence-electron chi connectivity index (χ0n) is 13.0. The number of hydrogen-bond acceptors (Lipinski definition) is 2. The van der Waals surface area contributed by atoms with Gasteiger partial charge in [0.15, 0.2) is 0 Å². The monoisotopic (exact) mass is 336 g/mol. The quantitative estimate of drug-likeness (QED) is 0.852. The fraction of sp³-hybridized carbons (Fsp3) is 0.278. The zero-order chi connectivity index (χ0) is 17.6. The molecule has 0 aliphatic heterocycles. The summed E-state index contributed by atoms with van der Waals surface area (Å²) in [5, 5.41) is 2.74. The zero-order valence-corrected chi connectivity index (χ0v) is 13.0. The second-order valence-electron chi connectivity index (χ2n) is 5.53. The molecule has 0 bridgehead atoms. The lowest BCUT2D eigenvalue weighted by Crippen LogP contribution is -2.42. The second kappa shape index (κ2) is 7.97. The molecule has 0 radical (unpaired) electrons. The van der Waals surface area contributed by atoms with Gasteiger partial charge in [-0.2, -0.15) is 13.2 Å². The van der Waals surface area contributed by atoms with Crippen molar-refractivity contribution in [2.24, 2.45) is 5.73 Å². The number of hydrogen-bond donors (Lipinski definition) is 2. The fourth-order valence-corrected chi connectivity index (χ4v) is 2.28. The van der Waals surface area contributed by atoms with Crippen LogP contribution in [0.5, 0.6) is 0 Å². The Morgan fingerprint density at radius 1 is 1.00 bits per heavy atom. The van der Waals surface area contributed by atoms with E-state index in [4.69, 9.17) is 5.73 Å². The molecule has 0 fully saturated rings. The molecule has 3 nitrogen and oxygen atoms in total. The normalized spacial score (nSPS) is 12.7. The fourth-order valence-electron chi connectivity index (χ4n) is 2.28. The van der Waals surface area contributed by atoms with Crippen molar-refractivity contribution >= 4 is 5.91 Å². The van der Waals surface area contributed by atoms with Crippen molar-refractivity contribution in [3.05, 3.63) is 71.3 Å². The number of rotatable bonds is 6. The molecule has 0 saturated heterocycles. The van der Waals surface area contributed by atoms with Crippen molar-refractivity contribution in [1.29, 1.82) is 0 Å². The summed E-state index contributed by atoms with van der Waals surface area (Å²) in [4.78, 5) is 11.9. The summed E-state index contributed by atoms with van der Waals surface area (Å²) in [5.74, 6) is -0.314. The first kappa shape index (κ1) is 18.0. The Balaban J connectivity index is 1.81. The van der Waals surface area contributed by atoms with Gasteiger partial charge in [-0.25, -0.2) is 0 Å². The summed E-state index contributed by atoms with van der Waals surface area (Å²) in [6, 6.07) is 13.6. The summed E-state index contributed by atoms with van der Waals surface area (Å²) in [5.41, 5.74) is 6.80. The van der Waals surface area contributed by atoms with Crippen molar-refractivity contribution in [3.8, 4) is 0 Å². The predicted octanol–water partition coefficient (Wildman–Crippen LogP) is 2.93. The Kier molecular flexibility index (Phi) is 5.98. The number of carbonyl (C=O) groups excluding carboxylic acids is 1. The van der Waals surface area contributed by atoms with Crippen molar-refractivity contribution in [3.63, 3.8) is 0 Å². The van der Waals surface area contributed by atoms with Crippen LogP contribution in [0.2, 0.25) is 0 Å². The number of halogens is 3. The van der Waals surface area contributed by atoms with Crippen LogP contribution in [0.1, 0.15) is 16.7 Å². The van der Waals surface area contributed by atoms with Gasteiger partial charge in [0.25, 0.3) is 0 Å². The van der Waals surface area contributed by atoms with E-state index in [2.05, 4.69) is 5.32 Å². The van der Waals surface area contributed by atoms with Crippen LogP contribution in [-0.4, -0.2) is 18.5 Å². The van der Waals surface area contributed by atoms with Crippen LogP contribution in [0.3, 0.4) is 0 Å². The number of nitrogens with one attached hydrogen (secondary N) is 1. The van der Waals surface area contributed by atoms with Gasteiger partial charge in [0.1, 0.15) is 0 Å². The van der Waals surface area contributed by atoms with Crippen molar-refractivity contribution in [2.75, 3.05) is 6.54 Å². The van der Waals surface area contributed by atoms with Gasteiger partial charge in [-0.1, -0.05) is 42.5 Å². The molecule has 0 heterocycles. The Labute approximate surface area is 138 Å². The lowest BCUT2D eigenvalue weighted by Gasteiger charge is -2.13. The van der Waals surface area contributed by atoms with Crippen molar-refractivity contribution in [1.82, 2.24) is 5.32 Å². The van der Waals surface area contributed by atoms with Gasteiger partial charge in [0.05, 0.1) is 11.6 Å². The van der Waals surface area contributed by atoms with Gasteiger partial charge < -0.3 is 11.1 Å². The Bertz CT molecular complexity index is 654. The minimum Gasteiger partial charge on any atom is -0.354 e. The minimum absolute atomic E-state index is 0.190. The maximum atomic E-state index is 12.5. The smallest absolute Gasteiger partial charge is 0.354 e. The molecule has 0 aromatic heterocycles. The van der Waals surface area contributed by atoms with Gasteiger partial charge >= 0.3 is 6.18 Å². The van der Waals surface area contributed by atoms with E-state index < -0.39 is 17.8 Å². The molecular formula is C18H19F3N2O. The lowest BCUT2D eigenvalue weighted by molar-refractivity contribution is -0.137. The highest BCUT2D eigenvalue weighted by Gasteiger charge is 2.30. The first-order valence-corrected chi connectivity index (χ1v) is 7.59. The molecule has 0 unspecified atom stereocenters. The Hall–Kier alpha value is -2.34. The number of carbonyl (C=O) groups is 1. The summed E-state index contributed by atoms with van der Waals surface area (Å²) >= 11 is 0. The van der Waals surface area contributed by atoms with Crippen LogP contribution in [-0.2, 0) is 23.8 Å². The lowest BCUT2D eigenvalue weighted by atomic mass is 10.0. The maximum Gasteiger partial charge on any atom is 0.416 e. The van der Waals surface area contributed by atoms with Gasteiger partial charge in [-0.15, -0.1) is 0 Å². The number of benzene rings is 2. The van der Waals surface area contributed by atoms with Crippen molar-refractivity contribution < 1.29 is 18.0 Å². The molecule has 24 heavy (non-hydrogen) atoms. The van der Waals surface area contributed by atoms with E-state index in [1.165, 1.54) is 12.1 Å². The van der Waals surface area contributed by atoms with E-state index in [1.54, 1.807) is 0 Å². The van der Waals surface area contributed by atoms with Crippen LogP contribution < -0.4 is 11.1 Å². The summed E-state index contributed by atoms with van der Waals surface area (Å²) in [6.07, 6.45) is -3.48. The molecule has 2 aromatic rings. The van der Waals surface area contributed by atoms with Gasteiger partial charge in [0.2, 0.25) is 5.91 Å². The first-order valence-electron chi connectivity index (χ1n) is 7.59. The highest BCUT2D eigenvalue weighted by atomic mass is 19.4. The SMILES string of the molecule is N[C@H](Cc1ccc(C(F)(F)F)cc1)C(=O)NCCc1ccccc1. The summed E-state index contributed by atoms with van der Waals surface area (Å²) in [6.45, 7) is 0.462. The van der Waals surface area contributed by atoms with Crippen LogP contribution >= 0.6 is 0 Å². The third kappa shape index (κ3) is 5.38. The number of amides is 1. The molecule has 0 aliphatic carbocycles. The summed E-state index contributed by atoms with van der Waals surface area (Å²) in [7, 11) is 0. The molecule has 0 saturated carbocycles. The van der Waals surface area contributed by atoms with Crippen LogP contribution in [0.25, 0.3) is 0 Å². The van der Waals surface area contributed by atoms with Gasteiger partial charge in [0, 0.05) is 6.54 Å². The average molecular weight is 336 g/mol. The first-order chi connectivity index (χ1) is 11.4. The third-order valence-corrected chi connectivity index (χ3v) is 3.63. The third-order valence-electron chi connectivity index (χ3n) is 3.63. The molecule has 0 aliphatic rings. The molecule has 1 atom stereocenters. The second-order valence-corrected chi connectivity index (χ2v) is 5.53. The topological polar surface area (TPSA) is 55.1 Å². The van der Waals surface area contributed by atoms with E-state index >= 15 is 0 Å². The maximum absolute atomic E-state index is 12.5. The largest absolute Gasteiger partial charge is 0.416 e. The standard InChI is InChI=1S/C18H19F3N2O/c19-18(20,21)15-8-6-14(7-9-15)12-16(22)17(24)23-11-10-13-4-2-1-3-5-13/h1-9,16H,10-12,22H2,(H,23,24)/t16-/m1/s1. The Morgan fingerprint density at radius 3 is 2.21 bits per heavy atom. The minimum atomic E-state index is -4.37. The molecule has 0 spiro atoms. The average Bonchev–Trinajstić information content (AvgIpc) is 2.55. The van der Waals surface area contributed by atoms with Gasteiger partial charge in [-0.05, 0) is 36.1 Å². The number of alkyl halides is 3. The molecule has 2 rings (SSSR count). The van der Waals surface area contributed by atoms with E-state index in [0.29, 0.717) is 18.5 Å². The molecule has 1 amide bonds. The van der Waals surface area contributed by atoms with E-state index in [0.717, 1.165) is 17.7 Å². The molecular weight excluding hydrogens is 317 g/mol. The Morgan fingerprint density at radius 2 is 1.62 bits per heavy atom. The molecule has 3 N–H and O–H groups in total. The highest BCUT2D eigenvalue weighted by molar-refractivity contribution is 5.81. The predicted molar refractivity (Wildman–Crippen MR) is 86.3 cm³/mol. The van der Waals surface area contributed by atoms with E-state index in [1.807, 2.05) is 30.3 Å². The van der Waals surface area contributed by atoms with E-state index in [-0.39, 0.29) is 12.3 Å².